The fourth-order valence-electron chi connectivity index (χ4n) is 11.2. The van der Waals surface area contributed by atoms with Crippen LogP contribution in [0.15, 0.2) is 221 Å². The first-order chi connectivity index (χ1) is 35.4. The second-order valence-corrected chi connectivity index (χ2v) is 42.6. The monoisotopic (exact) mass is 1240 g/mol. The van der Waals surface area contributed by atoms with Crippen molar-refractivity contribution in [2.75, 3.05) is 20.3 Å². The van der Waals surface area contributed by atoms with Crippen LogP contribution in [-0.4, -0.2) is 0 Å². The molecule has 24 heteroatoms. The molecule has 0 amide bonds. The lowest BCUT2D eigenvalue weighted by molar-refractivity contribution is 0.769. The van der Waals surface area contributed by atoms with Crippen molar-refractivity contribution in [1.82, 2.24) is 0 Å². The maximum absolute atomic E-state index is 6.91. The van der Waals surface area contributed by atoms with Gasteiger partial charge in [-0.3, -0.25) is 0 Å². The Balaban J connectivity index is 1.05. The van der Waals surface area contributed by atoms with E-state index in [2.05, 4.69) is 175 Å². The second kappa shape index (κ2) is 18.1. The summed E-state index contributed by atoms with van der Waals surface area (Å²) < 4.78 is 28.5. The van der Waals surface area contributed by atoms with E-state index in [-0.39, 0.29) is 0 Å². The standard InChI is InChI=1S/C50H36Cl8N10P6/c51-69(52)63-70(53,54)66-73(65-69)59-37-25-17-33(18-26-37)49(45-13-5-1-9-41(45)42-10-2-6-14-46(42)49)34-19-27-38(28-20-34)60-74(67-71(55,56)64-72(57,58)68-74)62-40-31-23-36(24-32-40)50(35-21-29-39(61-73)30-22-35)47-15-7-3-11-43(47)44-12-4-8-16-48(44)50/h1-32,59-62H. The van der Waals surface area contributed by atoms with Crippen LogP contribution in [0.4, 0.5) is 22.7 Å². The molecule has 0 aromatic heterocycles. The van der Waals surface area contributed by atoms with Crippen molar-refractivity contribution in [3.8, 4) is 22.3 Å². The van der Waals surface area contributed by atoms with Gasteiger partial charge in [-0.1, -0.05) is 146 Å². The lowest BCUT2D eigenvalue weighted by Gasteiger charge is -2.35. The Bertz CT molecular complexity index is 3560. The molecule has 0 radical (unpaired) electrons. The molecule has 0 fully saturated rings. The van der Waals surface area contributed by atoms with E-state index < -0.39 is 49.5 Å². The molecule has 4 N–H and O–H groups in total. The van der Waals surface area contributed by atoms with Gasteiger partial charge in [-0.05, 0) is 205 Å². The third-order valence-corrected chi connectivity index (χ3v) is 36.7. The van der Waals surface area contributed by atoms with Crippen LogP contribution in [0, 0.1) is 0 Å². The molecule has 0 saturated heterocycles. The van der Waals surface area contributed by atoms with E-state index in [1.54, 1.807) is 0 Å². The molecule has 0 atom stereocenters. The molecule has 0 unspecified atom stereocenters. The Labute approximate surface area is 466 Å². The minimum Gasteiger partial charge on any atom is -0.319 e. The van der Waals surface area contributed by atoms with Crippen molar-refractivity contribution in [1.29, 1.82) is 0 Å². The average Bonchev–Trinajstić information content (AvgIpc) is 3.82. The molecule has 2 aliphatic carbocycles. The van der Waals surface area contributed by atoms with Crippen molar-refractivity contribution in [2.45, 2.75) is 10.8 Å². The molecule has 8 bridgehead atoms. The first kappa shape index (κ1) is 50.2. The zero-order chi connectivity index (χ0) is 50.9. The Morgan fingerprint density at radius 3 is 0.703 bits per heavy atom. The van der Waals surface area contributed by atoms with Crippen LogP contribution in [0.3, 0.4) is 0 Å². The molecule has 9 aliphatic heterocycles. The number of hydrogen-bond acceptors (Lipinski definition) is 10. The highest BCUT2D eigenvalue weighted by atomic mass is 35.9. The lowest BCUT2D eigenvalue weighted by atomic mass is 9.67. The van der Waals surface area contributed by atoms with Crippen LogP contribution in [0.5, 0.6) is 0 Å². The van der Waals surface area contributed by atoms with Gasteiger partial charge in [0.1, 0.15) is 0 Å². The average molecular weight is 1250 g/mol. The van der Waals surface area contributed by atoms with Gasteiger partial charge in [0.05, 0.1) is 10.8 Å². The summed E-state index contributed by atoms with van der Waals surface area (Å²) in [6.45, 7) is 0. The summed E-state index contributed by atoms with van der Waals surface area (Å²) in [5.74, 6) is -13.7. The van der Waals surface area contributed by atoms with E-state index in [1.165, 1.54) is 0 Å². The van der Waals surface area contributed by atoms with Gasteiger partial charge in [-0.25, -0.2) is 0 Å². The Hall–Kier alpha value is -3.34. The molecule has 4 spiro atoms. The number of nitrogens with one attached hydrogen (secondary N) is 4. The van der Waals surface area contributed by atoms with Crippen molar-refractivity contribution < 1.29 is 0 Å². The maximum Gasteiger partial charge on any atom is 0.266 e. The summed E-state index contributed by atoms with van der Waals surface area (Å²) in [6.07, 6.45) is 0. The van der Waals surface area contributed by atoms with E-state index in [0.29, 0.717) is 22.7 Å². The summed E-state index contributed by atoms with van der Waals surface area (Å²) in [5, 5.41) is 14.5. The third kappa shape index (κ3) is 8.47. The molecule has 11 aliphatic rings. The quantitative estimate of drug-likeness (QED) is 0.113. The van der Waals surface area contributed by atoms with Crippen LogP contribution in [0.1, 0.15) is 44.5 Å². The SMILES string of the molecule is ClP1(Cl)=NP(Cl)(Cl)=NP2(=N1)Nc1ccc(cc1)C1(c3ccc(cc3)NP3(=NP(Cl)(Cl)=NP(Cl)(Cl)=N3)Nc3ccc(cc3)C3(c4ccc(cc4)N2)c2ccccc2-c2ccccc23)c2ccccc2-c2ccccc21. The highest BCUT2D eigenvalue weighted by molar-refractivity contribution is 8.22. The van der Waals surface area contributed by atoms with Crippen molar-refractivity contribution in [2.24, 2.45) is 27.1 Å². The van der Waals surface area contributed by atoms with E-state index in [9.17, 15) is 0 Å². The number of halogens is 8. The van der Waals surface area contributed by atoms with Crippen LogP contribution >= 0.6 is 129 Å². The van der Waals surface area contributed by atoms with E-state index in [1.807, 2.05) is 48.5 Å². The number of anilines is 4. The lowest BCUT2D eigenvalue weighted by Crippen LogP contribution is -2.28. The van der Waals surface area contributed by atoms with Gasteiger partial charge in [-0.2, -0.15) is 27.1 Å². The zero-order valence-corrected chi connectivity index (χ0v) is 49.3. The highest BCUT2D eigenvalue weighted by Gasteiger charge is 2.48. The van der Waals surface area contributed by atoms with Gasteiger partial charge >= 0.3 is 0 Å². The molecule has 8 aromatic rings. The van der Waals surface area contributed by atoms with Gasteiger partial charge in [0, 0.05) is 22.7 Å². The van der Waals surface area contributed by atoms with Crippen LogP contribution in [0.2, 0.25) is 0 Å². The molecule has 372 valence electrons. The fourth-order valence-corrected chi connectivity index (χ4v) is 41.2. The van der Waals surface area contributed by atoms with Gasteiger partial charge in [-0.15, -0.1) is 0 Å². The first-order valence-corrected chi connectivity index (χ1v) is 40.1. The Morgan fingerprint density at radius 1 is 0.257 bits per heavy atom. The van der Waals surface area contributed by atoms with Gasteiger partial charge < -0.3 is 20.3 Å². The zero-order valence-electron chi connectivity index (χ0n) is 37.9. The molecule has 19 rings (SSSR count). The largest absolute Gasteiger partial charge is 0.319 e. The summed E-state index contributed by atoms with van der Waals surface area (Å²) >= 11 is 55.3. The van der Waals surface area contributed by atoms with Gasteiger partial charge in [0.15, 0.2) is 0 Å². The molecule has 0 saturated carbocycles. The number of nitrogens with zero attached hydrogens (tertiary/aromatic N) is 6. The molecular weight excluding hydrogens is 1210 g/mol. The minimum atomic E-state index is -3.42. The van der Waals surface area contributed by atoms with Crippen LogP contribution in [0.25, 0.3) is 22.3 Å². The molecule has 10 nitrogen and oxygen atoms in total. The fraction of sp³-hybridized carbons (Fsp3) is 0.0400. The van der Waals surface area contributed by atoms with Crippen molar-refractivity contribution in [3.63, 3.8) is 0 Å². The minimum absolute atomic E-state index is 0.677. The van der Waals surface area contributed by atoms with Crippen LogP contribution < -0.4 is 20.3 Å². The van der Waals surface area contributed by atoms with E-state index in [4.69, 9.17) is 108 Å². The first-order valence-electron chi connectivity index (χ1n) is 22.7. The summed E-state index contributed by atoms with van der Waals surface area (Å²) in [5.41, 5.74) is 14.2. The van der Waals surface area contributed by atoms with Gasteiger partial charge in [0.25, 0.3) is 38.7 Å². The van der Waals surface area contributed by atoms with Crippen LogP contribution in [-0.2, 0) is 10.8 Å². The Kier molecular flexibility index (Phi) is 12.3. The number of benzene rings is 8. The Morgan fingerprint density at radius 2 is 0.473 bits per heavy atom. The smallest absolute Gasteiger partial charge is 0.266 e. The highest BCUT2D eigenvalue weighted by Crippen LogP contribution is 2.86. The van der Waals surface area contributed by atoms with E-state index in [0.717, 1.165) is 66.8 Å². The predicted molar refractivity (Wildman–Crippen MR) is 325 cm³/mol. The molecule has 8 aromatic carbocycles. The summed E-state index contributed by atoms with van der Waals surface area (Å²) in [7, 11) is -6.79. The van der Waals surface area contributed by atoms with Crippen molar-refractivity contribution in [3.05, 3.63) is 239 Å². The number of fused-ring (bicyclic) bond motifs is 6. The maximum atomic E-state index is 6.91. The third-order valence-electron chi connectivity index (χ3n) is 13.7. The summed E-state index contributed by atoms with van der Waals surface area (Å²) in [4.78, 5) is 0. The summed E-state index contributed by atoms with van der Waals surface area (Å²) in [6, 6.07) is 67.0. The number of hydrogen-bond donors (Lipinski definition) is 4. The van der Waals surface area contributed by atoms with E-state index >= 15 is 0 Å². The molecule has 9 heterocycles. The number of rotatable bonds is 0. The second-order valence-electron chi connectivity index (χ2n) is 18.0. The van der Waals surface area contributed by atoms with Crippen molar-refractivity contribution >= 4 is 151 Å². The topological polar surface area (TPSA) is 122 Å². The predicted octanol–water partition coefficient (Wildman–Crippen LogP) is 23.4. The van der Waals surface area contributed by atoms with Gasteiger partial charge in [0.2, 0.25) is 0 Å². The molecule has 74 heavy (non-hydrogen) atoms. The normalized spacial score (nSPS) is 22.8. The molecular formula is C50H36Cl8N10P6.